The van der Waals surface area contributed by atoms with Crippen molar-refractivity contribution in [3.63, 3.8) is 0 Å². The molecular formula is C13H16BrFN2. The molecule has 0 amide bonds. The Kier molecular flexibility index (Phi) is 4.15. The fourth-order valence-electron chi connectivity index (χ4n) is 1.90. The van der Waals surface area contributed by atoms with Crippen LogP contribution in [0, 0.1) is 5.82 Å². The minimum Gasteiger partial charge on any atom is -0.342 e. The summed E-state index contributed by atoms with van der Waals surface area (Å²) in [5.41, 5.74) is 1.60. The highest BCUT2D eigenvalue weighted by atomic mass is 79.9. The van der Waals surface area contributed by atoms with Gasteiger partial charge < -0.3 is 4.98 Å². The molecule has 0 aliphatic rings. The van der Waals surface area contributed by atoms with Crippen molar-refractivity contribution in [2.75, 3.05) is 0 Å². The van der Waals surface area contributed by atoms with Crippen molar-refractivity contribution in [1.82, 2.24) is 9.97 Å². The number of hydrogen-bond acceptors (Lipinski definition) is 1. The number of unbranched alkanes of at least 4 members (excludes halogenated alkanes) is 3. The topological polar surface area (TPSA) is 28.7 Å². The molecule has 2 aromatic rings. The zero-order chi connectivity index (χ0) is 12.3. The fraction of sp³-hybridized carbons (Fsp3) is 0.462. The van der Waals surface area contributed by atoms with E-state index < -0.39 is 0 Å². The van der Waals surface area contributed by atoms with E-state index in [0.29, 0.717) is 4.47 Å². The van der Waals surface area contributed by atoms with Crippen LogP contribution in [0.25, 0.3) is 11.0 Å². The SMILES string of the molecule is CCCCCCc1nc2cc(Br)c(F)cc2[nH]1. The van der Waals surface area contributed by atoms with Crippen molar-refractivity contribution in [2.45, 2.75) is 39.0 Å². The van der Waals surface area contributed by atoms with Crippen LogP contribution < -0.4 is 0 Å². The van der Waals surface area contributed by atoms with Crippen molar-refractivity contribution in [2.24, 2.45) is 0 Å². The van der Waals surface area contributed by atoms with Crippen molar-refractivity contribution in [1.29, 1.82) is 0 Å². The molecule has 2 rings (SSSR count). The number of aryl methyl sites for hydroxylation is 1. The minimum absolute atomic E-state index is 0.251. The Hall–Kier alpha value is -0.900. The highest BCUT2D eigenvalue weighted by Crippen LogP contribution is 2.22. The summed E-state index contributed by atoms with van der Waals surface area (Å²) in [6, 6.07) is 3.21. The van der Waals surface area contributed by atoms with Crippen molar-refractivity contribution in [3.8, 4) is 0 Å². The first kappa shape index (κ1) is 12.6. The number of nitrogens with zero attached hydrogens (tertiary/aromatic N) is 1. The Labute approximate surface area is 109 Å². The third-order valence-corrected chi connectivity index (χ3v) is 3.45. The van der Waals surface area contributed by atoms with Gasteiger partial charge in [0.2, 0.25) is 0 Å². The van der Waals surface area contributed by atoms with E-state index in [4.69, 9.17) is 0 Å². The van der Waals surface area contributed by atoms with E-state index in [1.54, 1.807) is 6.07 Å². The highest BCUT2D eigenvalue weighted by Gasteiger charge is 2.06. The van der Waals surface area contributed by atoms with Gasteiger partial charge in [-0.25, -0.2) is 9.37 Å². The molecule has 1 aromatic carbocycles. The average Bonchev–Trinajstić information content (AvgIpc) is 2.67. The summed E-state index contributed by atoms with van der Waals surface area (Å²) in [5.74, 6) is 0.701. The monoisotopic (exact) mass is 298 g/mol. The largest absolute Gasteiger partial charge is 0.342 e. The molecule has 0 radical (unpaired) electrons. The number of nitrogens with one attached hydrogen (secondary N) is 1. The number of rotatable bonds is 5. The second-order valence-corrected chi connectivity index (χ2v) is 5.13. The van der Waals surface area contributed by atoms with Gasteiger partial charge in [0.15, 0.2) is 0 Å². The van der Waals surface area contributed by atoms with Crippen molar-refractivity contribution < 1.29 is 4.39 Å². The van der Waals surface area contributed by atoms with Gasteiger partial charge in [0, 0.05) is 12.5 Å². The Balaban J connectivity index is 2.09. The van der Waals surface area contributed by atoms with Crippen LogP contribution in [0.5, 0.6) is 0 Å². The zero-order valence-electron chi connectivity index (χ0n) is 9.89. The van der Waals surface area contributed by atoms with Crippen LogP contribution in [0.1, 0.15) is 38.4 Å². The Morgan fingerprint density at radius 2 is 2.12 bits per heavy atom. The summed E-state index contributed by atoms with van der Waals surface area (Å²) < 4.78 is 13.8. The van der Waals surface area contributed by atoms with Gasteiger partial charge in [-0.05, 0) is 28.4 Å². The molecular weight excluding hydrogens is 283 g/mol. The molecule has 0 bridgehead atoms. The number of aromatic nitrogens is 2. The first-order valence-electron chi connectivity index (χ1n) is 6.04. The quantitative estimate of drug-likeness (QED) is 0.804. The third kappa shape index (κ3) is 3.06. The summed E-state index contributed by atoms with van der Waals surface area (Å²) in [7, 11) is 0. The number of halogens is 2. The third-order valence-electron chi connectivity index (χ3n) is 2.84. The van der Waals surface area contributed by atoms with Gasteiger partial charge in [-0.15, -0.1) is 0 Å². The molecule has 0 saturated heterocycles. The lowest BCUT2D eigenvalue weighted by molar-refractivity contribution is 0.623. The number of H-pyrrole nitrogens is 1. The van der Waals surface area contributed by atoms with Crippen LogP contribution >= 0.6 is 15.9 Å². The molecule has 0 aliphatic carbocycles. The van der Waals surface area contributed by atoms with Crippen molar-refractivity contribution in [3.05, 3.63) is 28.2 Å². The first-order valence-corrected chi connectivity index (χ1v) is 6.83. The molecule has 0 saturated carbocycles. The fourth-order valence-corrected chi connectivity index (χ4v) is 2.23. The number of benzene rings is 1. The molecule has 2 nitrogen and oxygen atoms in total. The van der Waals surface area contributed by atoms with E-state index in [1.807, 2.05) is 0 Å². The van der Waals surface area contributed by atoms with Gasteiger partial charge in [0.05, 0.1) is 15.5 Å². The van der Waals surface area contributed by atoms with E-state index in [0.717, 1.165) is 29.7 Å². The van der Waals surface area contributed by atoms with Gasteiger partial charge >= 0.3 is 0 Å². The molecule has 0 unspecified atom stereocenters. The number of imidazole rings is 1. The molecule has 92 valence electrons. The first-order chi connectivity index (χ1) is 8.20. The van der Waals surface area contributed by atoms with Crippen LogP contribution in [-0.2, 0) is 6.42 Å². The predicted molar refractivity (Wildman–Crippen MR) is 71.6 cm³/mol. The molecule has 0 atom stereocenters. The Morgan fingerprint density at radius 1 is 1.29 bits per heavy atom. The minimum atomic E-state index is -0.251. The zero-order valence-corrected chi connectivity index (χ0v) is 11.5. The van der Waals surface area contributed by atoms with E-state index >= 15 is 0 Å². The maximum absolute atomic E-state index is 13.3. The Bertz CT molecular complexity index is 468. The summed E-state index contributed by atoms with van der Waals surface area (Å²) >= 11 is 3.17. The summed E-state index contributed by atoms with van der Waals surface area (Å²) in [6.45, 7) is 2.20. The molecule has 17 heavy (non-hydrogen) atoms. The van der Waals surface area contributed by atoms with Crippen LogP contribution in [0.4, 0.5) is 4.39 Å². The standard InChI is InChI=1S/C13H16BrFN2/c1-2-3-4-5-6-13-16-11-7-9(14)10(15)8-12(11)17-13/h7-8H,2-6H2,1H3,(H,16,17). The summed E-state index contributed by atoms with van der Waals surface area (Å²) in [6.07, 6.45) is 5.80. The van der Waals surface area contributed by atoms with E-state index in [-0.39, 0.29) is 5.82 Å². The van der Waals surface area contributed by atoms with Crippen LogP contribution in [-0.4, -0.2) is 9.97 Å². The molecule has 0 spiro atoms. The second-order valence-electron chi connectivity index (χ2n) is 4.28. The smallest absolute Gasteiger partial charge is 0.139 e. The van der Waals surface area contributed by atoms with E-state index in [1.165, 1.54) is 25.3 Å². The molecule has 1 aromatic heterocycles. The normalized spacial score (nSPS) is 11.2. The molecule has 4 heteroatoms. The molecule has 0 aliphatic heterocycles. The van der Waals surface area contributed by atoms with Crippen LogP contribution in [0.3, 0.4) is 0 Å². The lowest BCUT2D eigenvalue weighted by atomic mass is 10.1. The molecule has 0 fully saturated rings. The summed E-state index contributed by atoms with van der Waals surface area (Å²) in [5, 5.41) is 0. The van der Waals surface area contributed by atoms with Crippen molar-refractivity contribution >= 4 is 27.0 Å². The summed E-state index contributed by atoms with van der Waals surface area (Å²) in [4.78, 5) is 7.63. The maximum Gasteiger partial charge on any atom is 0.139 e. The molecule has 1 heterocycles. The second kappa shape index (κ2) is 5.63. The average molecular weight is 299 g/mol. The van der Waals surface area contributed by atoms with Gasteiger partial charge in [-0.2, -0.15) is 0 Å². The number of hydrogen-bond donors (Lipinski definition) is 1. The van der Waals surface area contributed by atoms with Gasteiger partial charge in [0.1, 0.15) is 11.6 Å². The number of aromatic amines is 1. The lowest BCUT2D eigenvalue weighted by Gasteiger charge is -1.95. The van der Waals surface area contributed by atoms with Gasteiger partial charge in [0.25, 0.3) is 0 Å². The van der Waals surface area contributed by atoms with E-state index in [2.05, 4.69) is 32.8 Å². The Morgan fingerprint density at radius 3 is 2.88 bits per heavy atom. The number of fused-ring (bicyclic) bond motifs is 1. The van der Waals surface area contributed by atoms with Gasteiger partial charge in [-0.3, -0.25) is 0 Å². The van der Waals surface area contributed by atoms with Crippen LogP contribution in [0.2, 0.25) is 0 Å². The predicted octanol–water partition coefficient (Wildman–Crippen LogP) is 4.59. The lowest BCUT2D eigenvalue weighted by Crippen LogP contribution is -1.87. The van der Waals surface area contributed by atoms with Gasteiger partial charge in [-0.1, -0.05) is 26.2 Å². The molecule has 1 N–H and O–H groups in total. The van der Waals surface area contributed by atoms with E-state index in [9.17, 15) is 4.39 Å². The highest BCUT2D eigenvalue weighted by molar-refractivity contribution is 9.10. The maximum atomic E-state index is 13.3. The van der Waals surface area contributed by atoms with Crippen LogP contribution in [0.15, 0.2) is 16.6 Å².